The quantitative estimate of drug-likeness (QED) is 0.841. The second kappa shape index (κ2) is 5.50. The Morgan fingerprint density at radius 2 is 1.90 bits per heavy atom. The first kappa shape index (κ1) is 15.5. The number of nitrogens with zero attached hydrogens (tertiary/aromatic N) is 1. The minimum atomic E-state index is -3.68. The Morgan fingerprint density at radius 3 is 2.48 bits per heavy atom. The number of nitrogens with one attached hydrogen (secondary N) is 1. The molecule has 0 saturated heterocycles. The van der Waals surface area contributed by atoms with Crippen LogP contribution in [0.25, 0.3) is 0 Å². The SMILES string of the molecule is Cc1ccc(N)c(C)c1S(=O)(=O)NCc1nc(C)c(C)o1. The van der Waals surface area contributed by atoms with Crippen LogP contribution in [-0.2, 0) is 16.6 Å². The van der Waals surface area contributed by atoms with E-state index >= 15 is 0 Å². The number of oxazole rings is 1. The highest BCUT2D eigenvalue weighted by atomic mass is 32.2. The summed E-state index contributed by atoms with van der Waals surface area (Å²) in [5.74, 6) is 1.02. The van der Waals surface area contributed by atoms with Crippen LogP contribution >= 0.6 is 0 Å². The zero-order valence-corrected chi connectivity index (χ0v) is 13.3. The maximum absolute atomic E-state index is 12.5. The summed E-state index contributed by atoms with van der Waals surface area (Å²) in [7, 11) is -3.68. The number of hydrogen-bond donors (Lipinski definition) is 2. The highest BCUT2D eigenvalue weighted by molar-refractivity contribution is 7.89. The lowest BCUT2D eigenvalue weighted by Gasteiger charge is -2.12. The molecule has 2 aromatic rings. The van der Waals surface area contributed by atoms with Gasteiger partial charge in [0.2, 0.25) is 15.9 Å². The van der Waals surface area contributed by atoms with E-state index in [1.54, 1.807) is 32.9 Å². The molecule has 1 aromatic heterocycles. The molecule has 0 atom stereocenters. The molecule has 2 rings (SSSR count). The Bertz CT molecular complexity index is 760. The number of nitrogens with two attached hydrogens (primary N) is 1. The monoisotopic (exact) mass is 309 g/mol. The molecule has 6 nitrogen and oxygen atoms in total. The molecule has 7 heteroatoms. The van der Waals surface area contributed by atoms with Gasteiger partial charge in [-0.3, -0.25) is 0 Å². The molecule has 3 N–H and O–H groups in total. The molecule has 0 aliphatic heterocycles. The molecule has 0 spiro atoms. The van der Waals surface area contributed by atoms with Gasteiger partial charge in [-0.05, 0) is 44.9 Å². The van der Waals surface area contributed by atoms with Crippen molar-refractivity contribution < 1.29 is 12.8 Å². The van der Waals surface area contributed by atoms with E-state index < -0.39 is 10.0 Å². The number of benzene rings is 1. The summed E-state index contributed by atoms with van der Waals surface area (Å²) in [4.78, 5) is 4.36. The number of rotatable bonds is 4. The average molecular weight is 309 g/mol. The molecule has 0 unspecified atom stereocenters. The first-order chi connectivity index (χ1) is 9.72. The third-order valence-corrected chi connectivity index (χ3v) is 5.09. The van der Waals surface area contributed by atoms with Crippen molar-refractivity contribution in [3.63, 3.8) is 0 Å². The topological polar surface area (TPSA) is 98.2 Å². The predicted molar refractivity (Wildman–Crippen MR) is 80.3 cm³/mol. The second-order valence-corrected chi connectivity index (χ2v) is 6.70. The van der Waals surface area contributed by atoms with Gasteiger partial charge in [0.15, 0.2) is 0 Å². The molecule has 0 aliphatic carbocycles. The van der Waals surface area contributed by atoms with Crippen LogP contribution in [-0.4, -0.2) is 13.4 Å². The van der Waals surface area contributed by atoms with Gasteiger partial charge in [-0.25, -0.2) is 18.1 Å². The van der Waals surface area contributed by atoms with Gasteiger partial charge in [0.25, 0.3) is 0 Å². The Labute approximate surface area is 124 Å². The van der Waals surface area contributed by atoms with Gasteiger partial charge in [-0.1, -0.05) is 6.07 Å². The molecule has 1 heterocycles. The smallest absolute Gasteiger partial charge is 0.241 e. The number of nitrogen functional groups attached to an aromatic ring is 1. The lowest BCUT2D eigenvalue weighted by molar-refractivity contribution is 0.463. The molecule has 0 fully saturated rings. The van der Waals surface area contributed by atoms with Gasteiger partial charge in [0.05, 0.1) is 17.1 Å². The van der Waals surface area contributed by atoms with Crippen molar-refractivity contribution in [2.75, 3.05) is 5.73 Å². The third kappa shape index (κ3) is 3.08. The van der Waals surface area contributed by atoms with Crippen LogP contribution in [0, 0.1) is 27.7 Å². The first-order valence-corrected chi connectivity index (χ1v) is 7.99. The maximum atomic E-state index is 12.5. The summed E-state index contributed by atoms with van der Waals surface area (Å²) in [5, 5.41) is 0. The van der Waals surface area contributed by atoms with Gasteiger partial charge in [-0.2, -0.15) is 0 Å². The first-order valence-electron chi connectivity index (χ1n) is 6.50. The van der Waals surface area contributed by atoms with E-state index in [1.807, 2.05) is 6.92 Å². The van der Waals surface area contributed by atoms with E-state index in [9.17, 15) is 8.42 Å². The molecule has 0 amide bonds. The minimum absolute atomic E-state index is 0.00466. The number of hydrogen-bond acceptors (Lipinski definition) is 5. The normalized spacial score (nSPS) is 11.8. The van der Waals surface area contributed by atoms with E-state index in [4.69, 9.17) is 10.2 Å². The zero-order valence-electron chi connectivity index (χ0n) is 12.5. The summed E-state index contributed by atoms with van der Waals surface area (Å²) in [5.41, 5.74) is 8.18. The Balaban J connectivity index is 2.29. The molecule has 114 valence electrons. The van der Waals surface area contributed by atoms with Crippen molar-refractivity contribution in [2.24, 2.45) is 0 Å². The lowest BCUT2D eigenvalue weighted by atomic mass is 10.1. The van der Waals surface area contributed by atoms with Crippen molar-refractivity contribution >= 4 is 15.7 Å². The van der Waals surface area contributed by atoms with Crippen LogP contribution in [0.4, 0.5) is 5.69 Å². The minimum Gasteiger partial charge on any atom is -0.444 e. The fraction of sp³-hybridized carbons (Fsp3) is 0.357. The highest BCUT2D eigenvalue weighted by Crippen LogP contribution is 2.24. The predicted octanol–water partition coefficient (Wildman–Crippen LogP) is 1.97. The molecule has 0 aliphatic rings. The van der Waals surface area contributed by atoms with Gasteiger partial charge in [0.1, 0.15) is 5.76 Å². The fourth-order valence-corrected chi connectivity index (χ4v) is 3.57. The van der Waals surface area contributed by atoms with Crippen molar-refractivity contribution in [1.29, 1.82) is 0 Å². The lowest BCUT2D eigenvalue weighted by Crippen LogP contribution is -2.25. The Morgan fingerprint density at radius 1 is 1.24 bits per heavy atom. The summed E-state index contributed by atoms with van der Waals surface area (Å²) in [6.45, 7) is 7.02. The van der Waals surface area contributed by atoms with Crippen LogP contribution < -0.4 is 10.5 Å². The van der Waals surface area contributed by atoms with Crippen molar-refractivity contribution in [3.8, 4) is 0 Å². The Hall–Kier alpha value is -1.86. The number of sulfonamides is 1. The van der Waals surface area contributed by atoms with Crippen LogP contribution in [0.15, 0.2) is 21.4 Å². The molecule has 1 aromatic carbocycles. The van der Waals surface area contributed by atoms with E-state index in [0.717, 1.165) is 5.69 Å². The number of aryl methyl sites for hydroxylation is 3. The summed E-state index contributed by atoms with van der Waals surface area (Å²) < 4.78 is 32.8. The summed E-state index contributed by atoms with van der Waals surface area (Å²) >= 11 is 0. The van der Waals surface area contributed by atoms with Crippen LogP contribution in [0.3, 0.4) is 0 Å². The summed E-state index contributed by atoms with van der Waals surface area (Å²) in [6, 6.07) is 3.39. The van der Waals surface area contributed by atoms with E-state index in [2.05, 4.69) is 9.71 Å². The fourth-order valence-electron chi connectivity index (χ4n) is 2.10. The molecule has 21 heavy (non-hydrogen) atoms. The second-order valence-electron chi connectivity index (χ2n) is 5.00. The third-order valence-electron chi connectivity index (χ3n) is 3.40. The van der Waals surface area contributed by atoms with Crippen LogP contribution in [0.2, 0.25) is 0 Å². The maximum Gasteiger partial charge on any atom is 0.241 e. The molecule has 0 saturated carbocycles. The van der Waals surface area contributed by atoms with Gasteiger partial charge >= 0.3 is 0 Å². The molecular formula is C14H19N3O3S. The van der Waals surface area contributed by atoms with Gasteiger partial charge in [-0.15, -0.1) is 0 Å². The molecular weight excluding hydrogens is 290 g/mol. The van der Waals surface area contributed by atoms with E-state index in [-0.39, 0.29) is 11.4 Å². The Kier molecular flexibility index (Phi) is 4.06. The largest absolute Gasteiger partial charge is 0.444 e. The van der Waals surface area contributed by atoms with E-state index in [1.165, 1.54) is 0 Å². The highest BCUT2D eigenvalue weighted by Gasteiger charge is 2.21. The van der Waals surface area contributed by atoms with Crippen molar-refractivity contribution in [3.05, 3.63) is 40.6 Å². The van der Waals surface area contributed by atoms with Crippen molar-refractivity contribution in [2.45, 2.75) is 39.1 Å². The number of anilines is 1. The van der Waals surface area contributed by atoms with Gasteiger partial charge < -0.3 is 10.2 Å². The van der Waals surface area contributed by atoms with Crippen LogP contribution in [0.1, 0.15) is 28.5 Å². The average Bonchev–Trinajstić information content (AvgIpc) is 2.71. The van der Waals surface area contributed by atoms with Gasteiger partial charge in [0, 0.05) is 5.69 Å². The van der Waals surface area contributed by atoms with E-state index in [0.29, 0.717) is 28.5 Å². The van der Waals surface area contributed by atoms with Crippen molar-refractivity contribution in [1.82, 2.24) is 9.71 Å². The summed E-state index contributed by atoms with van der Waals surface area (Å²) in [6.07, 6.45) is 0. The standard InChI is InChI=1S/C14H19N3O3S/c1-8-5-6-12(15)9(2)14(8)21(18,19)16-7-13-17-10(3)11(4)20-13/h5-6,16H,7,15H2,1-4H3. The zero-order chi connectivity index (χ0) is 15.8. The number of aromatic nitrogens is 1. The molecule has 0 bridgehead atoms. The molecule has 0 radical (unpaired) electrons. The van der Waals surface area contributed by atoms with Crippen LogP contribution in [0.5, 0.6) is 0 Å².